The topological polar surface area (TPSA) is 49.6 Å². The fourth-order valence-corrected chi connectivity index (χ4v) is 2.85. The van der Waals surface area contributed by atoms with Gasteiger partial charge in [-0.1, -0.05) is 23.7 Å². The number of amides is 1. The van der Waals surface area contributed by atoms with Gasteiger partial charge in [-0.05, 0) is 37.6 Å². The van der Waals surface area contributed by atoms with E-state index in [1.54, 1.807) is 0 Å². The molecule has 0 radical (unpaired) electrons. The number of carbonyl (C=O) groups excluding carboxylic acids is 1. The van der Waals surface area contributed by atoms with Crippen LogP contribution in [0.3, 0.4) is 0 Å². The highest BCUT2D eigenvalue weighted by Crippen LogP contribution is 2.15. The Morgan fingerprint density at radius 1 is 1.33 bits per heavy atom. The van der Waals surface area contributed by atoms with Gasteiger partial charge in [-0.25, -0.2) is 0 Å². The molecular weight excluding hydrogens is 286 g/mol. The fourth-order valence-electron chi connectivity index (χ4n) is 2.72. The lowest BCUT2D eigenvalue weighted by Crippen LogP contribution is -2.42. The minimum Gasteiger partial charge on any atom is -0.343 e. The first-order chi connectivity index (χ1) is 10.1. The summed E-state index contributed by atoms with van der Waals surface area (Å²) in [6.45, 7) is 3.06. The first-order valence-corrected chi connectivity index (χ1v) is 7.90. The summed E-state index contributed by atoms with van der Waals surface area (Å²) in [5.41, 5.74) is 7.04. The van der Waals surface area contributed by atoms with Gasteiger partial charge >= 0.3 is 0 Å². The van der Waals surface area contributed by atoms with E-state index in [9.17, 15) is 4.79 Å². The summed E-state index contributed by atoms with van der Waals surface area (Å²) in [6.07, 6.45) is 2.75. The first kappa shape index (κ1) is 16.3. The molecule has 116 valence electrons. The summed E-state index contributed by atoms with van der Waals surface area (Å²) in [4.78, 5) is 16.3. The van der Waals surface area contributed by atoms with Gasteiger partial charge in [0.2, 0.25) is 5.91 Å². The lowest BCUT2D eigenvalue weighted by molar-refractivity contribution is -0.131. The zero-order valence-electron chi connectivity index (χ0n) is 12.6. The number of halogens is 1. The van der Waals surface area contributed by atoms with Gasteiger partial charge in [0.05, 0.1) is 0 Å². The van der Waals surface area contributed by atoms with Gasteiger partial charge in [0.1, 0.15) is 0 Å². The highest BCUT2D eigenvalue weighted by Gasteiger charge is 2.23. The van der Waals surface area contributed by atoms with E-state index in [2.05, 4.69) is 4.90 Å². The summed E-state index contributed by atoms with van der Waals surface area (Å²) < 4.78 is 0. The molecule has 1 fully saturated rings. The molecule has 1 aliphatic rings. The Bertz CT molecular complexity index is 457. The molecule has 1 aromatic carbocycles. The maximum absolute atomic E-state index is 12.2. The number of nitrogens with two attached hydrogens (primary N) is 1. The molecule has 0 aliphatic carbocycles. The first-order valence-electron chi connectivity index (χ1n) is 7.52. The highest BCUT2D eigenvalue weighted by atomic mass is 35.5. The smallest absolute Gasteiger partial charge is 0.224 e. The fraction of sp³-hybridized carbons (Fsp3) is 0.562. The van der Waals surface area contributed by atoms with Crippen molar-refractivity contribution >= 4 is 17.5 Å². The van der Waals surface area contributed by atoms with Gasteiger partial charge in [0.25, 0.3) is 0 Å². The zero-order chi connectivity index (χ0) is 15.2. The predicted octanol–water partition coefficient (Wildman–Crippen LogP) is 2.11. The van der Waals surface area contributed by atoms with Crippen molar-refractivity contribution in [1.29, 1.82) is 0 Å². The third-order valence-corrected chi connectivity index (χ3v) is 4.36. The second-order valence-corrected chi connectivity index (χ2v) is 6.16. The lowest BCUT2D eigenvalue weighted by atomic mass is 10.1. The van der Waals surface area contributed by atoms with Crippen LogP contribution in [0.5, 0.6) is 0 Å². The molecule has 0 spiro atoms. The summed E-state index contributed by atoms with van der Waals surface area (Å²) in [5.74, 6) is 0.228. The van der Waals surface area contributed by atoms with Gasteiger partial charge in [-0.15, -0.1) is 0 Å². The molecule has 1 atom stereocenters. The molecule has 1 aliphatic heterocycles. The van der Waals surface area contributed by atoms with Gasteiger partial charge in [-0.2, -0.15) is 0 Å². The van der Waals surface area contributed by atoms with E-state index in [0.717, 1.165) is 37.5 Å². The molecule has 0 aromatic heterocycles. The van der Waals surface area contributed by atoms with Crippen LogP contribution in [-0.4, -0.2) is 48.4 Å². The minimum atomic E-state index is 0.0776. The number of benzene rings is 1. The van der Waals surface area contributed by atoms with E-state index in [4.69, 9.17) is 17.3 Å². The van der Waals surface area contributed by atoms with E-state index >= 15 is 0 Å². The largest absolute Gasteiger partial charge is 0.343 e. The number of nitrogens with zero attached hydrogens (tertiary/aromatic N) is 2. The number of likely N-dealkylation sites (N-methyl/N-ethyl adjacent to an activating group) is 1. The summed E-state index contributed by atoms with van der Waals surface area (Å²) >= 11 is 5.90. The molecule has 4 nitrogen and oxygen atoms in total. The van der Waals surface area contributed by atoms with Crippen LogP contribution in [0.2, 0.25) is 5.02 Å². The van der Waals surface area contributed by atoms with E-state index in [1.807, 2.05) is 36.2 Å². The average Bonchev–Trinajstić information content (AvgIpc) is 3.01. The Kier molecular flexibility index (Phi) is 6.03. The van der Waals surface area contributed by atoms with E-state index in [1.165, 1.54) is 5.56 Å². The minimum absolute atomic E-state index is 0.0776. The van der Waals surface area contributed by atoms with Gasteiger partial charge in [0, 0.05) is 43.7 Å². The van der Waals surface area contributed by atoms with E-state index < -0.39 is 0 Å². The van der Waals surface area contributed by atoms with E-state index in [-0.39, 0.29) is 11.9 Å². The summed E-state index contributed by atoms with van der Waals surface area (Å²) in [5, 5.41) is 0.737. The third kappa shape index (κ3) is 4.70. The third-order valence-electron chi connectivity index (χ3n) is 4.11. The molecule has 1 amide bonds. The monoisotopic (exact) mass is 309 g/mol. The summed E-state index contributed by atoms with van der Waals surface area (Å²) in [6, 6.07) is 7.87. The van der Waals surface area contributed by atoms with Crippen molar-refractivity contribution in [2.45, 2.75) is 31.8 Å². The Morgan fingerprint density at radius 2 is 1.95 bits per heavy atom. The standard InChI is InChI=1S/C16H24ClN3O/c1-19(12-13-4-6-14(17)7-5-13)15(11-18)10-16(21)20-8-2-3-9-20/h4-7,15H,2-3,8-12,18H2,1H3. The van der Waals surface area contributed by atoms with Crippen molar-refractivity contribution in [3.8, 4) is 0 Å². The highest BCUT2D eigenvalue weighted by molar-refractivity contribution is 6.30. The molecule has 2 rings (SSSR count). The molecule has 1 aromatic rings. The summed E-state index contributed by atoms with van der Waals surface area (Å²) in [7, 11) is 2.02. The van der Waals surface area contributed by atoms with Gasteiger partial charge in [-0.3, -0.25) is 9.69 Å². The van der Waals surface area contributed by atoms with Crippen LogP contribution in [0, 0.1) is 0 Å². The van der Waals surface area contributed by atoms with E-state index in [0.29, 0.717) is 13.0 Å². The molecule has 0 saturated carbocycles. The number of hydrogen-bond donors (Lipinski definition) is 1. The van der Waals surface area contributed by atoms with Crippen molar-refractivity contribution in [1.82, 2.24) is 9.80 Å². The lowest BCUT2D eigenvalue weighted by Gasteiger charge is -2.28. The average molecular weight is 310 g/mol. The van der Waals surface area contributed by atoms with Crippen LogP contribution in [0.25, 0.3) is 0 Å². The van der Waals surface area contributed by atoms with Crippen molar-refractivity contribution in [2.75, 3.05) is 26.7 Å². The number of likely N-dealkylation sites (tertiary alicyclic amines) is 1. The molecule has 1 saturated heterocycles. The van der Waals surface area contributed by atoms with Crippen LogP contribution in [0.4, 0.5) is 0 Å². The molecular formula is C16H24ClN3O. The van der Waals surface area contributed by atoms with Crippen molar-refractivity contribution < 1.29 is 4.79 Å². The van der Waals surface area contributed by atoms with Crippen LogP contribution in [0.15, 0.2) is 24.3 Å². The number of carbonyl (C=O) groups is 1. The molecule has 21 heavy (non-hydrogen) atoms. The van der Waals surface area contributed by atoms with Crippen LogP contribution < -0.4 is 5.73 Å². The molecule has 1 unspecified atom stereocenters. The molecule has 2 N–H and O–H groups in total. The Balaban J connectivity index is 1.89. The normalized spacial score (nSPS) is 16.5. The van der Waals surface area contributed by atoms with Crippen molar-refractivity contribution in [2.24, 2.45) is 5.73 Å². The Hall–Kier alpha value is -1.10. The molecule has 1 heterocycles. The predicted molar refractivity (Wildman–Crippen MR) is 86.2 cm³/mol. The molecule has 0 bridgehead atoms. The van der Waals surface area contributed by atoms with Gasteiger partial charge < -0.3 is 10.6 Å². The Morgan fingerprint density at radius 3 is 2.52 bits per heavy atom. The van der Waals surface area contributed by atoms with Crippen LogP contribution in [0.1, 0.15) is 24.8 Å². The Labute approximate surface area is 131 Å². The van der Waals surface area contributed by atoms with Crippen molar-refractivity contribution in [3.05, 3.63) is 34.9 Å². The SMILES string of the molecule is CN(Cc1ccc(Cl)cc1)C(CN)CC(=O)N1CCCC1. The van der Waals surface area contributed by atoms with Crippen molar-refractivity contribution in [3.63, 3.8) is 0 Å². The van der Waals surface area contributed by atoms with Crippen LogP contribution in [-0.2, 0) is 11.3 Å². The second kappa shape index (κ2) is 7.78. The zero-order valence-corrected chi connectivity index (χ0v) is 13.4. The van der Waals surface area contributed by atoms with Gasteiger partial charge in [0.15, 0.2) is 0 Å². The maximum Gasteiger partial charge on any atom is 0.224 e. The molecule has 5 heteroatoms. The quantitative estimate of drug-likeness (QED) is 0.875. The number of rotatable bonds is 6. The second-order valence-electron chi connectivity index (χ2n) is 5.72. The number of hydrogen-bond acceptors (Lipinski definition) is 3. The van der Waals surface area contributed by atoms with Crippen LogP contribution >= 0.6 is 11.6 Å². The maximum atomic E-state index is 12.2.